The van der Waals surface area contributed by atoms with Crippen molar-refractivity contribution in [1.29, 1.82) is 0 Å². The summed E-state index contributed by atoms with van der Waals surface area (Å²) in [5, 5.41) is 0. The number of nitrogens with one attached hydrogen (secondary N) is 1. The Morgan fingerprint density at radius 1 is 1.44 bits per heavy atom. The fraction of sp³-hybridized carbons (Fsp3) is 0.308. The average molecular weight is 232 g/mol. The molecule has 0 aliphatic carbocycles. The van der Waals surface area contributed by atoms with Crippen molar-refractivity contribution in [3.05, 3.63) is 40.7 Å². The number of hydrogen-bond donors (Lipinski definition) is 1. The van der Waals surface area contributed by atoms with Crippen molar-refractivity contribution >= 4 is 23.3 Å². The molecule has 0 aliphatic heterocycles. The lowest BCUT2D eigenvalue weighted by Crippen LogP contribution is -1.97. The van der Waals surface area contributed by atoms with Gasteiger partial charge in [0.2, 0.25) is 0 Å². The molecule has 2 rings (SSSR count). The van der Waals surface area contributed by atoms with Gasteiger partial charge in [0, 0.05) is 6.54 Å². The van der Waals surface area contributed by atoms with Gasteiger partial charge in [0.15, 0.2) is 4.77 Å². The number of benzene rings is 1. The molecule has 1 N–H and O–H groups in total. The second-order valence-corrected chi connectivity index (χ2v) is 4.30. The lowest BCUT2D eigenvalue weighted by Gasteiger charge is -2.04. The minimum atomic E-state index is 0.814. The van der Waals surface area contributed by atoms with Crippen molar-refractivity contribution < 1.29 is 0 Å². The Morgan fingerprint density at radius 2 is 2.25 bits per heavy atom. The zero-order valence-corrected chi connectivity index (χ0v) is 10.5. The fourth-order valence-electron chi connectivity index (χ4n) is 1.99. The monoisotopic (exact) mass is 232 g/mol. The van der Waals surface area contributed by atoms with E-state index in [4.69, 9.17) is 12.2 Å². The van der Waals surface area contributed by atoms with Crippen molar-refractivity contribution in [2.45, 2.75) is 26.8 Å². The highest BCUT2D eigenvalue weighted by molar-refractivity contribution is 7.71. The van der Waals surface area contributed by atoms with E-state index < -0.39 is 0 Å². The summed E-state index contributed by atoms with van der Waals surface area (Å²) in [5.74, 6) is 0. The molecule has 1 heterocycles. The Hall–Kier alpha value is -1.35. The van der Waals surface area contributed by atoms with Crippen LogP contribution in [-0.2, 0) is 6.54 Å². The summed E-state index contributed by atoms with van der Waals surface area (Å²) in [5.41, 5.74) is 3.63. The van der Waals surface area contributed by atoms with Crippen LogP contribution in [0.25, 0.3) is 11.0 Å². The lowest BCUT2D eigenvalue weighted by atomic mass is 10.2. The molecule has 1 aromatic carbocycles. The third kappa shape index (κ3) is 1.95. The van der Waals surface area contributed by atoms with E-state index in [9.17, 15) is 0 Å². The molecule has 0 unspecified atom stereocenters. The molecule has 0 spiro atoms. The van der Waals surface area contributed by atoms with E-state index in [2.05, 4.69) is 46.8 Å². The van der Waals surface area contributed by atoms with E-state index in [1.165, 1.54) is 11.1 Å². The lowest BCUT2D eigenvalue weighted by molar-refractivity contribution is 0.719. The molecule has 16 heavy (non-hydrogen) atoms. The summed E-state index contributed by atoms with van der Waals surface area (Å²) in [4.78, 5) is 3.25. The number of para-hydroxylation sites is 1. The average Bonchev–Trinajstić information content (AvgIpc) is 2.57. The molecule has 1 aromatic heterocycles. The number of nitrogens with zero attached hydrogens (tertiary/aromatic N) is 1. The summed E-state index contributed by atoms with van der Waals surface area (Å²) < 4.78 is 2.99. The Bertz CT molecular complexity index is 575. The molecule has 0 bridgehead atoms. The summed E-state index contributed by atoms with van der Waals surface area (Å²) in [6.07, 6.45) is 5.26. The van der Waals surface area contributed by atoms with E-state index in [0.717, 1.165) is 23.3 Å². The van der Waals surface area contributed by atoms with Gasteiger partial charge in [-0.3, -0.25) is 0 Å². The number of hydrogen-bond acceptors (Lipinski definition) is 1. The summed E-state index contributed by atoms with van der Waals surface area (Å²) in [7, 11) is 0. The number of allylic oxidation sites excluding steroid dienone is 2. The van der Waals surface area contributed by atoms with Gasteiger partial charge < -0.3 is 9.55 Å². The topological polar surface area (TPSA) is 20.7 Å². The van der Waals surface area contributed by atoms with Gasteiger partial charge in [0.05, 0.1) is 11.0 Å². The predicted molar refractivity (Wildman–Crippen MR) is 71.3 cm³/mol. The highest BCUT2D eigenvalue weighted by Gasteiger charge is 2.05. The van der Waals surface area contributed by atoms with Gasteiger partial charge in [-0.05, 0) is 44.1 Å². The number of rotatable bonds is 3. The molecule has 0 saturated carbocycles. The van der Waals surface area contributed by atoms with E-state index in [1.54, 1.807) is 0 Å². The standard InChI is InChI=1S/C13H16N2S/c1-3-4-5-9-15-12-10(2)7-6-8-11(12)14-13(15)16/h3-4,6-8H,5,9H2,1-2H3,(H,14,16)/b4-3+. The van der Waals surface area contributed by atoms with Crippen LogP contribution >= 0.6 is 12.2 Å². The van der Waals surface area contributed by atoms with Gasteiger partial charge in [0.1, 0.15) is 0 Å². The molecule has 0 atom stereocenters. The largest absolute Gasteiger partial charge is 0.331 e. The van der Waals surface area contributed by atoms with Crippen LogP contribution in [0, 0.1) is 11.7 Å². The third-order valence-electron chi connectivity index (χ3n) is 2.75. The van der Waals surface area contributed by atoms with Crippen molar-refractivity contribution in [2.75, 3.05) is 0 Å². The van der Waals surface area contributed by atoms with Crippen LogP contribution in [0.4, 0.5) is 0 Å². The van der Waals surface area contributed by atoms with Gasteiger partial charge >= 0.3 is 0 Å². The van der Waals surface area contributed by atoms with Crippen molar-refractivity contribution in [2.24, 2.45) is 0 Å². The Kier molecular flexibility index (Phi) is 3.25. The minimum absolute atomic E-state index is 0.814. The first-order valence-corrected chi connectivity index (χ1v) is 5.94. The van der Waals surface area contributed by atoms with Crippen molar-refractivity contribution in [1.82, 2.24) is 9.55 Å². The van der Waals surface area contributed by atoms with Crippen LogP contribution in [0.1, 0.15) is 18.9 Å². The van der Waals surface area contributed by atoms with Gasteiger partial charge in [0.25, 0.3) is 0 Å². The van der Waals surface area contributed by atoms with Crippen LogP contribution in [0.2, 0.25) is 0 Å². The zero-order valence-electron chi connectivity index (χ0n) is 9.66. The maximum Gasteiger partial charge on any atom is 0.178 e. The number of aromatic nitrogens is 2. The minimum Gasteiger partial charge on any atom is -0.331 e. The Labute approximate surface area is 101 Å². The molecule has 0 radical (unpaired) electrons. The van der Waals surface area contributed by atoms with E-state index in [-0.39, 0.29) is 0 Å². The predicted octanol–water partition coefficient (Wildman–Crippen LogP) is 3.97. The van der Waals surface area contributed by atoms with Crippen LogP contribution in [0.15, 0.2) is 30.4 Å². The van der Waals surface area contributed by atoms with Crippen LogP contribution in [0.5, 0.6) is 0 Å². The quantitative estimate of drug-likeness (QED) is 0.627. The first-order valence-electron chi connectivity index (χ1n) is 5.53. The van der Waals surface area contributed by atoms with Crippen LogP contribution < -0.4 is 0 Å². The number of H-pyrrole nitrogens is 1. The highest BCUT2D eigenvalue weighted by atomic mass is 32.1. The molecule has 0 fully saturated rings. The maximum absolute atomic E-state index is 5.35. The molecular formula is C13H16N2S. The fourth-order valence-corrected chi connectivity index (χ4v) is 2.28. The van der Waals surface area contributed by atoms with Gasteiger partial charge in [-0.1, -0.05) is 24.3 Å². The van der Waals surface area contributed by atoms with Crippen LogP contribution in [0.3, 0.4) is 0 Å². The second kappa shape index (κ2) is 4.66. The Morgan fingerprint density at radius 3 is 3.00 bits per heavy atom. The maximum atomic E-state index is 5.35. The molecular weight excluding hydrogens is 216 g/mol. The van der Waals surface area contributed by atoms with Gasteiger partial charge in [-0.2, -0.15) is 0 Å². The number of aromatic amines is 1. The molecule has 2 aromatic rings. The molecule has 2 nitrogen and oxygen atoms in total. The van der Waals surface area contributed by atoms with Gasteiger partial charge in [-0.15, -0.1) is 0 Å². The zero-order chi connectivity index (χ0) is 11.5. The van der Waals surface area contributed by atoms with Gasteiger partial charge in [-0.25, -0.2) is 0 Å². The third-order valence-corrected chi connectivity index (χ3v) is 3.07. The van der Waals surface area contributed by atoms with E-state index in [0.29, 0.717) is 0 Å². The highest BCUT2D eigenvalue weighted by Crippen LogP contribution is 2.18. The first kappa shape index (κ1) is 11.1. The normalized spacial score (nSPS) is 11.6. The van der Waals surface area contributed by atoms with Crippen LogP contribution in [-0.4, -0.2) is 9.55 Å². The molecule has 0 aliphatic rings. The number of fused-ring (bicyclic) bond motifs is 1. The second-order valence-electron chi connectivity index (χ2n) is 3.91. The Balaban J connectivity index is 2.50. The van der Waals surface area contributed by atoms with Crippen molar-refractivity contribution in [3.63, 3.8) is 0 Å². The number of imidazole rings is 1. The molecule has 0 saturated heterocycles. The van der Waals surface area contributed by atoms with Crippen molar-refractivity contribution in [3.8, 4) is 0 Å². The summed E-state index contributed by atoms with van der Waals surface area (Å²) in [6.45, 7) is 5.10. The molecule has 3 heteroatoms. The first-order chi connectivity index (χ1) is 7.74. The smallest absolute Gasteiger partial charge is 0.178 e. The SMILES string of the molecule is C/C=C/CCn1c(=S)[nH]c2cccc(C)c21. The van der Waals surface area contributed by atoms with E-state index in [1.807, 2.05) is 6.92 Å². The number of aryl methyl sites for hydroxylation is 2. The van der Waals surface area contributed by atoms with E-state index >= 15 is 0 Å². The summed E-state index contributed by atoms with van der Waals surface area (Å²) in [6, 6.07) is 6.25. The molecule has 84 valence electrons. The molecule has 0 amide bonds. The summed E-state index contributed by atoms with van der Waals surface area (Å²) >= 11 is 5.35.